The highest BCUT2D eigenvalue weighted by Crippen LogP contribution is 2.17. The molecule has 2 N–H and O–H groups in total. The maximum absolute atomic E-state index is 12.4. The molecule has 0 bridgehead atoms. The lowest BCUT2D eigenvalue weighted by atomic mass is 10.1. The maximum Gasteiger partial charge on any atom is 0.217 e. The summed E-state index contributed by atoms with van der Waals surface area (Å²) in [5, 5.41) is 8.35. The van der Waals surface area contributed by atoms with Gasteiger partial charge in [0.1, 0.15) is 0 Å². The number of rotatable bonds is 8. The van der Waals surface area contributed by atoms with Crippen LogP contribution in [0.3, 0.4) is 0 Å². The van der Waals surface area contributed by atoms with Gasteiger partial charge in [-0.3, -0.25) is 4.79 Å². The summed E-state index contributed by atoms with van der Waals surface area (Å²) in [6, 6.07) is 6.50. The van der Waals surface area contributed by atoms with E-state index >= 15 is 0 Å². The van der Waals surface area contributed by atoms with E-state index in [-0.39, 0.29) is 23.8 Å². The third kappa shape index (κ3) is 4.28. The number of ether oxygens (including phenoxy) is 2. The number of anilines is 1. The smallest absolute Gasteiger partial charge is 0.217 e. The van der Waals surface area contributed by atoms with Gasteiger partial charge in [-0.15, -0.1) is 5.10 Å². The first kappa shape index (κ1) is 17.4. The summed E-state index contributed by atoms with van der Waals surface area (Å²) in [6.07, 6.45) is -0.493. The van der Waals surface area contributed by atoms with Crippen molar-refractivity contribution in [1.29, 1.82) is 0 Å². The Morgan fingerprint density at radius 2 is 1.87 bits per heavy atom. The van der Waals surface area contributed by atoms with Gasteiger partial charge in [-0.25, -0.2) is 4.68 Å². The topological polar surface area (TPSA) is 92.3 Å². The molecule has 0 aliphatic rings. The molecule has 1 aromatic carbocycles. The van der Waals surface area contributed by atoms with E-state index in [1.165, 1.54) is 4.68 Å². The third-order valence-electron chi connectivity index (χ3n) is 3.12. The van der Waals surface area contributed by atoms with Crippen LogP contribution in [0.5, 0.6) is 0 Å². The minimum absolute atomic E-state index is 0.0964. The lowest BCUT2D eigenvalue weighted by Gasteiger charge is -2.16. The molecule has 2 aromatic rings. The molecule has 0 aliphatic heterocycles. The number of nitrogens with zero attached hydrogens (tertiary/aromatic N) is 3. The van der Waals surface area contributed by atoms with E-state index in [0.29, 0.717) is 23.8 Å². The average Bonchev–Trinajstić information content (AvgIpc) is 2.89. The van der Waals surface area contributed by atoms with Crippen LogP contribution in [-0.2, 0) is 16.0 Å². The van der Waals surface area contributed by atoms with E-state index in [2.05, 4.69) is 10.3 Å². The van der Waals surface area contributed by atoms with E-state index in [4.69, 9.17) is 26.8 Å². The Morgan fingerprint density at radius 3 is 2.43 bits per heavy atom. The number of hydrogen-bond acceptors (Lipinski definition) is 6. The number of nitrogens with two attached hydrogens (primary N) is 1. The second-order valence-corrected chi connectivity index (χ2v) is 5.12. The molecule has 0 aliphatic carbocycles. The summed E-state index contributed by atoms with van der Waals surface area (Å²) >= 11 is 5.82. The molecule has 1 heterocycles. The molecule has 0 fully saturated rings. The molecule has 0 unspecified atom stereocenters. The Morgan fingerprint density at radius 1 is 1.26 bits per heavy atom. The highest BCUT2D eigenvalue weighted by atomic mass is 35.5. The van der Waals surface area contributed by atoms with Crippen LogP contribution in [-0.4, -0.2) is 40.3 Å². The van der Waals surface area contributed by atoms with Gasteiger partial charge >= 0.3 is 0 Å². The molecule has 1 aromatic heterocycles. The number of aromatic nitrogens is 3. The van der Waals surface area contributed by atoms with Crippen molar-refractivity contribution in [1.82, 2.24) is 15.0 Å². The van der Waals surface area contributed by atoms with E-state index < -0.39 is 6.29 Å². The number of carbonyl (C=O) groups excluding carboxylic acids is 1. The van der Waals surface area contributed by atoms with Gasteiger partial charge in [0.2, 0.25) is 5.78 Å². The van der Waals surface area contributed by atoms with Gasteiger partial charge in [-0.2, -0.15) is 0 Å². The summed E-state index contributed by atoms with van der Waals surface area (Å²) in [4.78, 5) is 12.4. The highest BCUT2D eigenvalue weighted by molar-refractivity contribution is 6.30. The van der Waals surface area contributed by atoms with Crippen LogP contribution < -0.4 is 5.73 Å². The Balaban J connectivity index is 2.17. The zero-order valence-corrected chi connectivity index (χ0v) is 13.8. The van der Waals surface area contributed by atoms with Crippen LogP contribution in [0.15, 0.2) is 24.3 Å². The SMILES string of the molecule is CCOC(Cn1nnc(C(=O)c2ccc(Cl)cc2)c1N)OCC. The predicted molar refractivity (Wildman–Crippen MR) is 86.4 cm³/mol. The normalized spacial score (nSPS) is 11.1. The van der Waals surface area contributed by atoms with Crippen molar-refractivity contribution >= 4 is 23.2 Å². The number of hydrogen-bond donors (Lipinski definition) is 1. The summed E-state index contributed by atoms with van der Waals surface area (Å²) in [6.45, 7) is 4.98. The number of carbonyl (C=O) groups is 1. The monoisotopic (exact) mass is 338 g/mol. The molecule has 0 saturated heterocycles. The van der Waals surface area contributed by atoms with Crippen LogP contribution in [0.2, 0.25) is 5.02 Å². The Kier molecular flexibility index (Phi) is 6.09. The van der Waals surface area contributed by atoms with Crippen LogP contribution in [0, 0.1) is 0 Å². The van der Waals surface area contributed by atoms with Crippen molar-refractivity contribution < 1.29 is 14.3 Å². The third-order valence-corrected chi connectivity index (χ3v) is 3.37. The van der Waals surface area contributed by atoms with Crippen molar-refractivity contribution in [3.05, 3.63) is 40.5 Å². The van der Waals surface area contributed by atoms with E-state index in [9.17, 15) is 4.79 Å². The molecule has 2 rings (SSSR count). The first-order chi connectivity index (χ1) is 11.1. The molecule has 8 heteroatoms. The molecule has 0 spiro atoms. The molecule has 0 amide bonds. The van der Waals surface area contributed by atoms with Gasteiger partial charge < -0.3 is 15.2 Å². The predicted octanol–water partition coefficient (Wildman–Crippen LogP) is 2.14. The number of ketones is 1. The molecule has 7 nitrogen and oxygen atoms in total. The van der Waals surface area contributed by atoms with Gasteiger partial charge in [0.15, 0.2) is 17.8 Å². The first-order valence-electron chi connectivity index (χ1n) is 7.29. The number of nitrogen functional groups attached to an aromatic ring is 1. The van der Waals surface area contributed by atoms with Crippen molar-refractivity contribution in [2.24, 2.45) is 0 Å². The second-order valence-electron chi connectivity index (χ2n) is 4.68. The quantitative estimate of drug-likeness (QED) is 0.585. The van der Waals surface area contributed by atoms with E-state index in [1.54, 1.807) is 24.3 Å². The summed E-state index contributed by atoms with van der Waals surface area (Å²) < 4.78 is 12.3. The average molecular weight is 339 g/mol. The van der Waals surface area contributed by atoms with Crippen LogP contribution >= 0.6 is 11.6 Å². The van der Waals surface area contributed by atoms with Gasteiger partial charge in [0, 0.05) is 23.8 Å². The van der Waals surface area contributed by atoms with Crippen LogP contribution in [0.1, 0.15) is 29.9 Å². The Hall–Kier alpha value is -1.96. The van der Waals surface area contributed by atoms with E-state index in [1.807, 2.05) is 13.8 Å². The second kappa shape index (κ2) is 8.05. The van der Waals surface area contributed by atoms with Crippen LogP contribution in [0.25, 0.3) is 0 Å². The molecule has 0 atom stereocenters. The van der Waals surface area contributed by atoms with Crippen molar-refractivity contribution in [3.63, 3.8) is 0 Å². The lowest BCUT2D eigenvalue weighted by Crippen LogP contribution is -2.25. The van der Waals surface area contributed by atoms with Gasteiger partial charge in [-0.05, 0) is 38.1 Å². The lowest BCUT2D eigenvalue weighted by molar-refractivity contribution is -0.144. The van der Waals surface area contributed by atoms with Gasteiger partial charge in [-0.1, -0.05) is 16.8 Å². The summed E-state index contributed by atoms with van der Waals surface area (Å²) in [5.74, 6) is -0.135. The molecule has 0 saturated carbocycles. The standard InChI is InChI=1S/C15H19ClN4O3/c1-3-22-12(23-4-2)9-20-15(17)13(18-19-20)14(21)10-5-7-11(16)8-6-10/h5-8,12H,3-4,9,17H2,1-2H3. The van der Waals surface area contributed by atoms with Crippen LogP contribution in [0.4, 0.5) is 5.82 Å². The number of benzene rings is 1. The zero-order valence-electron chi connectivity index (χ0n) is 13.0. The summed E-state index contributed by atoms with van der Waals surface area (Å²) in [5.41, 5.74) is 6.53. The zero-order chi connectivity index (χ0) is 16.8. The van der Waals surface area contributed by atoms with Crippen molar-refractivity contribution in [3.8, 4) is 0 Å². The van der Waals surface area contributed by atoms with Crippen molar-refractivity contribution in [2.75, 3.05) is 18.9 Å². The fraction of sp³-hybridized carbons (Fsp3) is 0.400. The molecule has 23 heavy (non-hydrogen) atoms. The number of halogens is 1. The minimum Gasteiger partial charge on any atom is -0.382 e. The van der Waals surface area contributed by atoms with E-state index in [0.717, 1.165) is 0 Å². The fourth-order valence-corrected chi connectivity index (χ4v) is 2.15. The molecule has 124 valence electrons. The van der Waals surface area contributed by atoms with Gasteiger partial charge in [0.25, 0.3) is 0 Å². The highest BCUT2D eigenvalue weighted by Gasteiger charge is 2.21. The molecule has 0 radical (unpaired) electrons. The molecular formula is C15H19ClN4O3. The van der Waals surface area contributed by atoms with Crippen molar-refractivity contribution in [2.45, 2.75) is 26.7 Å². The summed E-state index contributed by atoms with van der Waals surface area (Å²) in [7, 11) is 0. The Bertz CT molecular complexity index is 651. The minimum atomic E-state index is -0.493. The Labute approximate surface area is 139 Å². The molecular weight excluding hydrogens is 320 g/mol. The maximum atomic E-state index is 12.4. The first-order valence-corrected chi connectivity index (χ1v) is 7.67. The van der Waals surface area contributed by atoms with Gasteiger partial charge in [0.05, 0.1) is 6.54 Å². The fourth-order valence-electron chi connectivity index (χ4n) is 2.02. The largest absolute Gasteiger partial charge is 0.382 e.